The second kappa shape index (κ2) is 7.64. The average molecular weight is 265 g/mol. The summed E-state index contributed by atoms with van der Waals surface area (Å²) in [5.41, 5.74) is 0. The maximum atomic E-state index is 11.6. The van der Waals surface area contributed by atoms with Gasteiger partial charge in [-0.15, -0.1) is 11.3 Å². The Morgan fingerprint density at radius 2 is 2.17 bits per heavy atom. The summed E-state index contributed by atoms with van der Waals surface area (Å²) in [4.78, 5) is 23.4. The highest BCUT2D eigenvalue weighted by Gasteiger charge is 2.10. The molecule has 0 aliphatic heterocycles. The van der Waals surface area contributed by atoms with Crippen molar-refractivity contribution in [2.24, 2.45) is 0 Å². The van der Waals surface area contributed by atoms with E-state index in [1.165, 1.54) is 11.3 Å². The van der Waals surface area contributed by atoms with E-state index >= 15 is 0 Å². The van der Waals surface area contributed by atoms with Crippen LogP contribution in [0.15, 0.2) is 12.1 Å². The first-order valence-corrected chi connectivity index (χ1v) is 6.43. The van der Waals surface area contributed by atoms with Gasteiger partial charge in [0.05, 0.1) is 16.2 Å². The van der Waals surface area contributed by atoms with Gasteiger partial charge in [0, 0.05) is 19.4 Å². The number of rotatable bonds is 6. The van der Waals surface area contributed by atoms with Crippen LogP contribution in [0, 0.1) is 11.8 Å². The molecule has 0 saturated heterocycles. The number of carboxylic acids is 1. The van der Waals surface area contributed by atoms with Crippen molar-refractivity contribution < 1.29 is 14.7 Å². The Labute approximate surface area is 110 Å². The number of carbonyl (C=O) groups is 2. The van der Waals surface area contributed by atoms with E-state index in [2.05, 4.69) is 17.2 Å². The molecule has 0 fully saturated rings. The fraction of sp³-hybridized carbons (Fsp3) is 0.385. The molecule has 1 aromatic rings. The summed E-state index contributed by atoms with van der Waals surface area (Å²) in [7, 11) is 1.87. The van der Waals surface area contributed by atoms with Gasteiger partial charge in [-0.3, -0.25) is 9.59 Å². The van der Waals surface area contributed by atoms with E-state index in [1.54, 1.807) is 12.1 Å². The lowest BCUT2D eigenvalue weighted by atomic mass is 10.2. The molecule has 0 aliphatic carbocycles. The van der Waals surface area contributed by atoms with Crippen molar-refractivity contribution >= 4 is 23.1 Å². The summed E-state index contributed by atoms with van der Waals surface area (Å²) < 4.78 is 0. The Bertz CT molecular complexity index is 482. The minimum atomic E-state index is -0.952. The topological polar surface area (TPSA) is 66.4 Å². The average Bonchev–Trinajstić information content (AvgIpc) is 2.80. The van der Waals surface area contributed by atoms with Crippen LogP contribution in [0.4, 0.5) is 0 Å². The smallest absolute Gasteiger partial charge is 0.303 e. The molecule has 0 unspecified atom stereocenters. The van der Waals surface area contributed by atoms with Gasteiger partial charge in [-0.1, -0.05) is 11.8 Å². The minimum absolute atomic E-state index is 0.0441. The van der Waals surface area contributed by atoms with Crippen LogP contribution in [-0.2, 0) is 4.79 Å². The van der Waals surface area contributed by atoms with E-state index in [-0.39, 0.29) is 18.6 Å². The molecule has 5 heteroatoms. The normalized spacial score (nSPS) is 9.61. The molecule has 0 atom stereocenters. The van der Waals surface area contributed by atoms with Crippen molar-refractivity contribution in [2.75, 3.05) is 13.6 Å². The van der Waals surface area contributed by atoms with Gasteiger partial charge in [0.15, 0.2) is 5.78 Å². The van der Waals surface area contributed by atoms with E-state index in [0.717, 1.165) is 17.8 Å². The molecule has 0 aromatic carbocycles. The Morgan fingerprint density at radius 1 is 1.39 bits per heavy atom. The quantitative estimate of drug-likeness (QED) is 0.467. The first kappa shape index (κ1) is 14.4. The van der Waals surface area contributed by atoms with Gasteiger partial charge in [0.2, 0.25) is 0 Å². The number of aliphatic carboxylic acids is 1. The van der Waals surface area contributed by atoms with Crippen molar-refractivity contribution in [3.8, 4) is 11.8 Å². The van der Waals surface area contributed by atoms with E-state index < -0.39 is 5.97 Å². The number of hydrogen-bond acceptors (Lipinski definition) is 4. The SMILES string of the molecule is CNCCC#Cc1ccc(C(=O)CCC(=O)O)s1. The third-order valence-corrected chi connectivity index (χ3v) is 3.20. The van der Waals surface area contributed by atoms with Crippen LogP contribution >= 0.6 is 11.3 Å². The zero-order chi connectivity index (χ0) is 13.4. The van der Waals surface area contributed by atoms with Crippen molar-refractivity contribution in [3.63, 3.8) is 0 Å². The molecule has 4 nitrogen and oxygen atoms in total. The molecule has 0 saturated carbocycles. The molecular weight excluding hydrogens is 250 g/mol. The van der Waals surface area contributed by atoms with Gasteiger partial charge in [0.25, 0.3) is 0 Å². The predicted molar refractivity (Wildman–Crippen MR) is 70.9 cm³/mol. The molecule has 0 amide bonds. The Balaban J connectivity index is 2.53. The van der Waals surface area contributed by atoms with Crippen LogP contribution in [0.3, 0.4) is 0 Å². The third kappa shape index (κ3) is 5.13. The lowest BCUT2D eigenvalue weighted by Gasteiger charge is -1.93. The number of thiophene rings is 1. The molecule has 0 radical (unpaired) electrons. The Morgan fingerprint density at radius 3 is 2.83 bits per heavy atom. The van der Waals surface area contributed by atoms with E-state index in [0.29, 0.717) is 4.88 Å². The molecule has 1 rings (SSSR count). The van der Waals surface area contributed by atoms with E-state index in [9.17, 15) is 9.59 Å². The number of ketones is 1. The number of hydrogen-bond donors (Lipinski definition) is 2. The summed E-state index contributed by atoms with van der Waals surface area (Å²) in [6.07, 6.45) is 0.680. The maximum Gasteiger partial charge on any atom is 0.303 e. The van der Waals surface area contributed by atoms with E-state index in [4.69, 9.17) is 5.11 Å². The van der Waals surface area contributed by atoms with Gasteiger partial charge >= 0.3 is 5.97 Å². The first-order chi connectivity index (χ1) is 8.63. The Hall–Kier alpha value is -1.64. The monoisotopic (exact) mass is 265 g/mol. The number of Topliss-reactive ketones (excluding diaryl/α,β-unsaturated/α-hetero) is 1. The molecule has 0 spiro atoms. The molecule has 18 heavy (non-hydrogen) atoms. The van der Waals surface area contributed by atoms with Crippen LogP contribution in [0.1, 0.15) is 33.8 Å². The molecule has 1 aromatic heterocycles. The largest absolute Gasteiger partial charge is 0.481 e. The highest BCUT2D eigenvalue weighted by atomic mass is 32.1. The van der Waals surface area contributed by atoms with Crippen LogP contribution in [0.2, 0.25) is 0 Å². The van der Waals surface area contributed by atoms with Crippen LogP contribution in [0.5, 0.6) is 0 Å². The Kier molecular flexibility index (Phi) is 6.12. The van der Waals surface area contributed by atoms with Gasteiger partial charge in [-0.25, -0.2) is 0 Å². The fourth-order valence-electron chi connectivity index (χ4n) is 1.24. The van der Waals surface area contributed by atoms with Crippen molar-refractivity contribution in [2.45, 2.75) is 19.3 Å². The zero-order valence-electron chi connectivity index (χ0n) is 10.2. The highest BCUT2D eigenvalue weighted by molar-refractivity contribution is 7.14. The lowest BCUT2D eigenvalue weighted by molar-refractivity contribution is -0.136. The number of nitrogens with one attached hydrogen (secondary N) is 1. The van der Waals surface area contributed by atoms with Gasteiger partial charge in [-0.05, 0) is 19.2 Å². The minimum Gasteiger partial charge on any atom is -0.481 e. The standard InChI is InChI=1S/C13H15NO3S/c1-14-9-3-2-4-10-5-7-12(18-10)11(15)6-8-13(16)17/h5,7,14H,3,6,8-9H2,1H3,(H,16,17). The molecule has 96 valence electrons. The summed E-state index contributed by atoms with van der Waals surface area (Å²) in [6, 6.07) is 3.50. The molecular formula is C13H15NO3S. The van der Waals surface area contributed by atoms with Crippen LogP contribution in [0.25, 0.3) is 0 Å². The molecule has 1 heterocycles. The molecule has 2 N–H and O–H groups in total. The second-order valence-electron chi connectivity index (χ2n) is 3.64. The predicted octanol–water partition coefficient (Wildman–Crippen LogP) is 1.76. The molecule has 0 aliphatic rings. The maximum absolute atomic E-state index is 11.6. The van der Waals surface area contributed by atoms with Gasteiger partial charge in [-0.2, -0.15) is 0 Å². The van der Waals surface area contributed by atoms with Crippen LogP contribution < -0.4 is 5.32 Å². The van der Waals surface area contributed by atoms with Crippen molar-refractivity contribution in [1.29, 1.82) is 0 Å². The van der Waals surface area contributed by atoms with Crippen LogP contribution in [-0.4, -0.2) is 30.5 Å². The summed E-state index contributed by atoms with van der Waals surface area (Å²) in [6.45, 7) is 0.836. The highest BCUT2D eigenvalue weighted by Crippen LogP contribution is 2.17. The fourth-order valence-corrected chi connectivity index (χ4v) is 2.08. The van der Waals surface area contributed by atoms with Gasteiger partial charge < -0.3 is 10.4 Å². The number of carbonyl (C=O) groups excluding carboxylic acids is 1. The van der Waals surface area contributed by atoms with Crippen molar-refractivity contribution in [3.05, 3.63) is 21.9 Å². The van der Waals surface area contributed by atoms with Gasteiger partial charge in [0.1, 0.15) is 0 Å². The first-order valence-electron chi connectivity index (χ1n) is 5.62. The zero-order valence-corrected chi connectivity index (χ0v) is 11.0. The summed E-state index contributed by atoms with van der Waals surface area (Å²) in [5, 5.41) is 11.5. The summed E-state index contributed by atoms with van der Waals surface area (Å²) in [5.74, 6) is 4.89. The lowest BCUT2D eigenvalue weighted by Crippen LogP contribution is -2.05. The van der Waals surface area contributed by atoms with E-state index in [1.807, 2.05) is 7.05 Å². The summed E-state index contributed by atoms with van der Waals surface area (Å²) >= 11 is 1.31. The second-order valence-corrected chi connectivity index (χ2v) is 4.72. The third-order valence-electron chi connectivity index (χ3n) is 2.16. The van der Waals surface area contributed by atoms with Crippen molar-refractivity contribution in [1.82, 2.24) is 5.32 Å². The number of carboxylic acid groups (broad SMARTS) is 1. The molecule has 0 bridgehead atoms.